The van der Waals surface area contributed by atoms with Gasteiger partial charge >= 0.3 is 0 Å². The highest BCUT2D eigenvalue weighted by atomic mass is 15.1. The maximum atomic E-state index is 2.32. The summed E-state index contributed by atoms with van der Waals surface area (Å²) in [6.45, 7) is 2.29. The largest absolute Gasteiger partial charge is 0.311 e. The molecule has 0 bridgehead atoms. The molecule has 0 spiro atoms. The van der Waals surface area contributed by atoms with E-state index >= 15 is 0 Å². The third-order valence-corrected chi connectivity index (χ3v) is 7.39. The zero-order valence-electron chi connectivity index (χ0n) is 22.1. The number of anilines is 3. The minimum atomic E-state index is 0.290. The van der Waals surface area contributed by atoms with E-state index in [9.17, 15) is 0 Å². The van der Waals surface area contributed by atoms with Crippen LogP contribution >= 0.6 is 0 Å². The lowest BCUT2D eigenvalue weighted by atomic mass is 9.90. The molecule has 0 radical (unpaired) electrons. The topological polar surface area (TPSA) is 3.24 Å². The van der Waals surface area contributed by atoms with Crippen molar-refractivity contribution in [3.63, 3.8) is 0 Å². The van der Waals surface area contributed by atoms with E-state index in [-0.39, 0.29) is 5.92 Å². The molecule has 0 aliphatic heterocycles. The molecule has 0 aliphatic rings. The summed E-state index contributed by atoms with van der Waals surface area (Å²) in [5.74, 6) is 0.290. The van der Waals surface area contributed by atoms with Gasteiger partial charge in [-0.3, -0.25) is 0 Å². The number of rotatable bonds is 7. The molecule has 6 aromatic rings. The van der Waals surface area contributed by atoms with E-state index in [2.05, 4.69) is 176 Å². The number of hydrogen-bond donors (Lipinski definition) is 0. The van der Waals surface area contributed by atoms with Crippen molar-refractivity contribution in [3.8, 4) is 22.3 Å². The van der Waals surface area contributed by atoms with Crippen LogP contribution in [0.15, 0.2) is 164 Å². The van der Waals surface area contributed by atoms with Gasteiger partial charge in [0.2, 0.25) is 0 Å². The molecule has 188 valence electrons. The first-order chi connectivity index (χ1) is 19.3. The van der Waals surface area contributed by atoms with E-state index in [0.29, 0.717) is 0 Å². The normalized spacial score (nSPS) is 11.6. The average Bonchev–Trinajstić information content (AvgIpc) is 3.03. The van der Waals surface area contributed by atoms with Crippen molar-refractivity contribution >= 4 is 17.1 Å². The van der Waals surface area contributed by atoms with Crippen molar-refractivity contribution in [2.75, 3.05) is 4.90 Å². The Morgan fingerprint density at radius 3 is 1.38 bits per heavy atom. The number of hydrogen-bond acceptors (Lipinski definition) is 1. The van der Waals surface area contributed by atoms with Crippen molar-refractivity contribution in [3.05, 3.63) is 175 Å². The summed E-state index contributed by atoms with van der Waals surface area (Å²) in [5.41, 5.74) is 11.0. The molecular weight excluding hydrogens is 470 g/mol. The second-order valence-electron chi connectivity index (χ2n) is 9.89. The molecule has 1 nitrogen and oxygen atoms in total. The summed E-state index contributed by atoms with van der Waals surface area (Å²) in [6, 6.07) is 58.4. The van der Waals surface area contributed by atoms with Gasteiger partial charge in [-0.05, 0) is 69.8 Å². The molecule has 0 fully saturated rings. The average molecular weight is 502 g/mol. The quantitative estimate of drug-likeness (QED) is 0.210. The molecule has 0 saturated carbocycles. The van der Waals surface area contributed by atoms with Gasteiger partial charge in [-0.15, -0.1) is 0 Å². The Morgan fingerprint density at radius 1 is 0.359 bits per heavy atom. The molecule has 39 heavy (non-hydrogen) atoms. The highest BCUT2D eigenvalue weighted by Crippen LogP contribution is 2.37. The first kappa shape index (κ1) is 24.5. The number of nitrogens with zero attached hydrogens (tertiary/aromatic N) is 1. The van der Waals surface area contributed by atoms with Gasteiger partial charge in [-0.25, -0.2) is 0 Å². The van der Waals surface area contributed by atoms with E-state index in [1.54, 1.807) is 0 Å². The summed E-state index contributed by atoms with van der Waals surface area (Å²) in [7, 11) is 0. The van der Waals surface area contributed by atoms with Crippen LogP contribution in [0.3, 0.4) is 0 Å². The standard InChI is InChI=1S/C38H31N/c1-29(34-16-11-17-35(28-34)32-14-7-3-8-15-32)30-20-24-37(25-21-30)39(36-18-9-4-10-19-36)38-26-22-33(23-27-38)31-12-5-2-6-13-31/h2-29H,1H3. The van der Waals surface area contributed by atoms with E-state index in [1.807, 2.05) is 0 Å². The second-order valence-corrected chi connectivity index (χ2v) is 9.89. The Bertz CT molecular complexity index is 1620. The van der Waals surface area contributed by atoms with Gasteiger partial charge in [-0.1, -0.05) is 134 Å². The molecule has 6 aromatic carbocycles. The molecule has 1 heteroatoms. The van der Waals surface area contributed by atoms with E-state index in [4.69, 9.17) is 0 Å². The Hall–Kier alpha value is -4.88. The first-order valence-electron chi connectivity index (χ1n) is 13.5. The van der Waals surface area contributed by atoms with Crippen LogP contribution in [-0.2, 0) is 0 Å². The first-order valence-corrected chi connectivity index (χ1v) is 13.5. The van der Waals surface area contributed by atoms with Crippen molar-refractivity contribution in [1.82, 2.24) is 0 Å². The molecule has 0 N–H and O–H groups in total. The Morgan fingerprint density at radius 2 is 0.795 bits per heavy atom. The van der Waals surface area contributed by atoms with Gasteiger partial charge in [0.05, 0.1) is 0 Å². The Balaban J connectivity index is 1.30. The molecule has 6 rings (SSSR count). The molecule has 0 saturated heterocycles. The van der Waals surface area contributed by atoms with Crippen LogP contribution in [-0.4, -0.2) is 0 Å². The maximum Gasteiger partial charge on any atom is 0.0462 e. The van der Waals surface area contributed by atoms with Crippen molar-refractivity contribution < 1.29 is 0 Å². The molecule has 0 aromatic heterocycles. The summed E-state index contributed by atoms with van der Waals surface area (Å²) in [5, 5.41) is 0. The summed E-state index contributed by atoms with van der Waals surface area (Å²) in [6.07, 6.45) is 0. The van der Waals surface area contributed by atoms with Gasteiger partial charge in [0, 0.05) is 23.0 Å². The second kappa shape index (κ2) is 11.2. The summed E-state index contributed by atoms with van der Waals surface area (Å²) < 4.78 is 0. The Kier molecular flexibility index (Phi) is 7.05. The fraction of sp³-hybridized carbons (Fsp3) is 0.0526. The van der Waals surface area contributed by atoms with Crippen LogP contribution < -0.4 is 4.90 Å². The third kappa shape index (κ3) is 5.39. The van der Waals surface area contributed by atoms with E-state index in [0.717, 1.165) is 17.1 Å². The zero-order chi connectivity index (χ0) is 26.4. The fourth-order valence-corrected chi connectivity index (χ4v) is 5.18. The van der Waals surface area contributed by atoms with E-state index in [1.165, 1.54) is 33.4 Å². The van der Waals surface area contributed by atoms with Gasteiger partial charge in [-0.2, -0.15) is 0 Å². The zero-order valence-corrected chi connectivity index (χ0v) is 22.1. The Labute approximate surface area is 231 Å². The van der Waals surface area contributed by atoms with Gasteiger partial charge in [0.25, 0.3) is 0 Å². The lowest BCUT2D eigenvalue weighted by molar-refractivity contribution is 0.922. The van der Waals surface area contributed by atoms with Crippen LogP contribution in [0.5, 0.6) is 0 Å². The smallest absolute Gasteiger partial charge is 0.0462 e. The number of para-hydroxylation sites is 1. The van der Waals surface area contributed by atoms with Gasteiger partial charge in [0.1, 0.15) is 0 Å². The minimum absolute atomic E-state index is 0.290. The van der Waals surface area contributed by atoms with E-state index < -0.39 is 0 Å². The highest BCUT2D eigenvalue weighted by Gasteiger charge is 2.15. The molecule has 1 atom stereocenters. The maximum absolute atomic E-state index is 2.32. The van der Waals surface area contributed by atoms with Crippen LogP contribution in [0.4, 0.5) is 17.1 Å². The van der Waals surface area contributed by atoms with Crippen LogP contribution in [0.1, 0.15) is 24.0 Å². The lowest BCUT2D eigenvalue weighted by Gasteiger charge is -2.26. The van der Waals surface area contributed by atoms with Crippen LogP contribution in [0.2, 0.25) is 0 Å². The van der Waals surface area contributed by atoms with Crippen molar-refractivity contribution in [2.24, 2.45) is 0 Å². The molecule has 0 amide bonds. The van der Waals surface area contributed by atoms with Gasteiger partial charge < -0.3 is 4.90 Å². The van der Waals surface area contributed by atoms with Crippen LogP contribution in [0.25, 0.3) is 22.3 Å². The third-order valence-electron chi connectivity index (χ3n) is 7.39. The molecular formula is C38H31N. The monoisotopic (exact) mass is 501 g/mol. The van der Waals surface area contributed by atoms with Gasteiger partial charge in [0.15, 0.2) is 0 Å². The molecule has 0 heterocycles. The summed E-state index contributed by atoms with van der Waals surface area (Å²) >= 11 is 0. The highest BCUT2D eigenvalue weighted by molar-refractivity contribution is 5.78. The lowest BCUT2D eigenvalue weighted by Crippen LogP contribution is -2.10. The summed E-state index contributed by atoms with van der Waals surface area (Å²) in [4.78, 5) is 2.32. The predicted octanol–water partition coefficient (Wildman–Crippen LogP) is 10.6. The molecule has 0 aliphatic carbocycles. The fourth-order valence-electron chi connectivity index (χ4n) is 5.18. The minimum Gasteiger partial charge on any atom is -0.311 e. The van der Waals surface area contributed by atoms with Crippen molar-refractivity contribution in [2.45, 2.75) is 12.8 Å². The predicted molar refractivity (Wildman–Crippen MR) is 166 cm³/mol. The number of benzene rings is 6. The van der Waals surface area contributed by atoms with Crippen molar-refractivity contribution in [1.29, 1.82) is 0 Å². The van der Waals surface area contributed by atoms with Crippen LogP contribution in [0, 0.1) is 0 Å². The molecule has 1 unspecified atom stereocenters. The SMILES string of the molecule is CC(c1ccc(N(c2ccccc2)c2ccc(-c3ccccc3)cc2)cc1)c1cccc(-c2ccccc2)c1.